The Morgan fingerprint density at radius 3 is 2.13 bits per heavy atom. The molecule has 0 bridgehead atoms. The molecule has 0 radical (unpaired) electrons. The van der Waals surface area contributed by atoms with Crippen LogP contribution in [0.15, 0.2) is 47.4 Å². The molecule has 0 heterocycles. The van der Waals surface area contributed by atoms with Crippen LogP contribution in [0.5, 0.6) is 5.75 Å². The van der Waals surface area contributed by atoms with Crippen molar-refractivity contribution in [1.29, 1.82) is 0 Å². The Kier molecular flexibility index (Phi) is 5.33. The van der Waals surface area contributed by atoms with Crippen LogP contribution >= 0.6 is 0 Å². The van der Waals surface area contributed by atoms with Gasteiger partial charge >= 0.3 is 0 Å². The lowest BCUT2D eigenvalue weighted by Gasteiger charge is -2.11. The van der Waals surface area contributed by atoms with E-state index in [2.05, 4.69) is 4.72 Å². The van der Waals surface area contributed by atoms with Crippen molar-refractivity contribution in [3.05, 3.63) is 59.7 Å². The van der Waals surface area contributed by atoms with Crippen molar-refractivity contribution in [2.75, 3.05) is 0 Å². The summed E-state index contributed by atoms with van der Waals surface area (Å²) in [6.07, 6.45) is 0.0309. The number of halogens is 2. The minimum absolute atomic E-state index is 0.0309. The maximum atomic E-state index is 13.6. The van der Waals surface area contributed by atoms with Crippen LogP contribution in [0, 0.1) is 11.6 Å². The Balaban J connectivity index is 2.10. The molecule has 2 rings (SSSR count). The average molecular weight is 341 g/mol. The van der Waals surface area contributed by atoms with Crippen molar-refractivity contribution >= 4 is 10.0 Å². The molecule has 0 spiro atoms. The van der Waals surface area contributed by atoms with Crippen molar-refractivity contribution in [2.24, 2.45) is 0 Å². The van der Waals surface area contributed by atoms with E-state index in [1.54, 1.807) is 24.3 Å². The van der Waals surface area contributed by atoms with E-state index in [0.29, 0.717) is 11.3 Å². The predicted molar refractivity (Wildman–Crippen MR) is 82.6 cm³/mol. The fourth-order valence-electron chi connectivity index (χ4n) is 1.95. The first kappa shape index (κ1) is 17.4. The Labute approximate surface area is 134 Å². The van der Waals surface area contributed by atoms with Crippen LogP contribution in [0.25, 0.3) is 0 Å². The van der Waals surface area contributed by atoms with E-state index in [4.69, 9.17) is 4.74 Å². The molecule has 7 heteroatoms. The van der Waals surface area contributed by atoms with Gasteiger partial charge < -0.3 is 4.74 Å². The number of benzene rings is 2. The largest absolute Gasteiger partial charge is 0.491 e. The molecule has 1 N–H and O–H groups in total. The van der Waals surface area contributed by atoms with E-state index >= 15 is 0 Å². The molecular weight excluding hydrogens is 324 g/mol. The molecule has 4 nitrogen and oxygen atoms in total. The lowest BCUT2D eigenvalue weighted by Crippen LogP contribution is -2.25. The van der Waals surface area contributed by atoms with Crippen molar-refractivity contribution in [3.8, 4) is 5.75 Å². The summed E-state index contributed by atoms with van der Waals surface area (Å²) in [5.41, 5.74) is 0.640. The molecule has 0 aliphatic heterocycles. The topological polar surface area (TPSA) is 55.4 Å². The zero-order valence-corrected chi connectivity index (χ0v) is 13.5. The summed E-state index contributed by atoms with van der Waals surface area (Å²) < 4.78 is 58.9. The van der Waals surface area contributed by atoms with Gasteiger partial charge in [0.05, 0.1) is 6.10 Å². The molecular formula is C16H17F2NO3S. The van der Waals surface area contributed by atoms with Gasteiger partial charge in [0.2, 0.25) is 10.0 Å². The molecule has 0 unspecified atom stereocenters. The highest BCUT2D eigenvalue weighted by Crippen LogP contribution is 2.19. The number of hydrogen-bond donors (Lipinski definition) is 1. The number of sulfonamides is 1. The number of nitrogens with one attached hydrogen (secondary N) is 1. The maximum absolute atomic E-state index is 13.6. The van der Waals surface area contributed by atoms with Gasteiger partial charge in [-0.2, -0.15) is 0 Å². The molecule has 0 saturated heterocycles. The van der Waals surface area contributed by atoms with Gasteiger partial charge in [-0.15, -0.1) is 0 Å². The molecule has 2 aromatic rings. The Hall–Kier alpha value is -1.99. The molecule has 2 aromatic carbocycles. The van der Waals surface area contributed by atoms with Gasteiger partial charge in [-0.05, 0) is 43.7 Å². The molecule has 0 fully saturated rings. The smallest absolute Gasteiger partial charge is 0.246 e. The highest BCUT2D eigenvalue weighted by Gasteiger charge is 2.23. The summed E-state index contributed by atoms with van der Waals surface area (Å²) in [6.45, 7) is 3.70. The summed E-state index contributed by atoms with van der Waals surface area (Å²) in [7, 11) is -4.28. The first-order valence-electron chi connectivity index (χ1n) is 6.99. The second-order valence-corrected chi connectivity index (χ2v) is 6.89. The lowest BCUT2D eigenvalue weighted by molar-refractivity contribution is 0.242. The molecule has 0 aliphatic rings. The average Bonchev–Trinajstić information content (AvgIpc) is 2.45. The van der Waals surface area contributed by atoms with Gasteiger partial charge in [0.25, 0.3) is 0 Å². The fourth-order valence-corrected chi connectivity index (χ4v) is 3.10. The van der Waals surface area contributed by atoms with Crippen molar-refractivity contribution in [3.63, 3.8) is 0 Å². The quantitative estimate of drug-likeness (QED) is 0.878. The number of hydrogen-bond acceptors (Lipinski definition) is 3. The Bertz CT molecular complexity index is 754. The Morgan fingerprint density at radius 2 is 1.61 bits per heavy atom. The van der Waals surface area contributed by atoms with Crippen LogP contribution in [0.3, 0.4) is 0 Å². The highest BCUT2D eigenvalue weighted by atomic mass is 32.2. The summed E-state index contributed by atoms with van der Waals surface area (Å²) in [6, 6.07) is 9.67. The van der Waals surface area contributed by atoms with Gasteiger partial charge in [0.15, 0.2) is 4.90 Å². The van der Waals surface area contributed by atoms with Crippen LogP contribution in [-0.4, -0.2) is 14.5 Å². The Morgan fingerprint density at radius 1 is 1.04 bits per heavy atom. The van der Waals surface area contributed by atoms with Gasteiger partial charge in [-0.3, -0.25) is 0 Å². The molecule has 23 heavy (non-hydrogen) atoms. The second-order valence-electron chi connectivity index (χ2n) is 5.19. The molecule has 0 aromatic heterocycles. The lowest BCUT2D eigenvalue weighted by atomic mass is 10.2. The zero-order chi connectivity index (χ0) is 17.0. The van der Waals surface area contributed by atoms with Crippen LogP contribution in [0.1, 0.15) is 19.4 Å². The normalized spacial score (nSPS) is 11.7. The predicted octanol–water partition coefficient (Wildman–Crippen LogP) is 3.23. The molecule has 0 saturated carbocycles. The third kappa shape index (κ3) is 4.49. The highest BCUT2D eigenvalue weighted by molar-refractivity contribution is 7.89. The number of rotatable bonds is 6. The van der Waals surface area contributed by atoms with Crippen LogP contribution < -0.4 is 9.46 Å². The molecule has 0 aliphatic carbocycles. The maximum Gasteiger partial charge on any atom is 0.246 e. The van der Waals surface area contributed by atoms with Crippen LogP contribution in [0.4, 0.5) is 8.78 Å². The summed E-state index contributed by atoms with van der Waals surface area (Å²) in [4.78, 5) is -0.972. The van der Waals surface area contributed by atoms with Gasteiger partial charge in [-0.25, -0.2) is 21.9 Å². The van der Waals surface area contributed by atoms with E-state index in [-0.39, 0.29) is 12.6 Å². The second kappa shape index (κ2) is 7.06. The molecule has 0 atom stereocenters. The zero-order valence-electron chi connectivity index (χ0n) is 12.7. The third-order valence-electron chi connectivity index (χ3n) is 2.95. The van der Waals surface area contributed by atoms with Gasteiger partial charge in [0, 0.05) is 6.54 Å². The van der Waals surface area contributed by atoms with E-state index < -0.39 is 26.6 Å². The summed E-state index contributed by atoms with van der Waals surface area (Å²) in [5.74, 6) is -1.59. The van der Waals surface area contributed by atoms with Crippen LogP contribution in [0.2, 0.25) is 0 Å². The van der Waals surface area contributed by atoms with E-state index in [1.165, 1.54) is 0 Å². The van der Waals surface area contributed by atoms with Crippen LogP contribution in [-0.2, 0) is 16.6 Å². The SMILES string of the molecule is CC(C)Oc1ccc(CNS(=O)(=O)c2c(F)cccc2F)cc1. The van der Waals surface area contributed by atoms with E-state index in [1.807, 2.05) is 13.8 Å². The summed E-state index contributed by atoms with van der Waals surface area (Å²) in [5, 5.41) is 0. The van der Waals surface area contributed by atoms with Gasteiger partial charge in [-0.1, -0.05) is 18.2 Å². The minimum atomic E-state index is -4.28. The first-order valence-corrected chi connectivity index (χ1v) is 8.47. The van der Waals surface area contributed by atoms with E-state index in [0.717, 1.165) is 18.2 Å². The number of ether oxygens (including phenoxy) is 1. The van der Waals surface area contributed by atoms with Crippen molar-refractivity contribution in [1.82, 2.24) is 4.72 Å². The first-order chi connectivity index (χ1) is 10.8. The van der Waals surface area contributed by atoms with Gasteiger partial charge in [0.1, 0.15) is 17.4 Å². The molecule has 124 valence electrons. The van der Waals surface area contributed by atoms with Crippen molar-refractivity contribution in [2.45, 2.75) is 31.4 Å². The fraction of sp³-hybridized carbons (Fsp3) is 0.250. The standard InChI is InChI=1S/C16H17F2NO3S/c1-11(2)22-13-8-6-12(7-9-13)10-19-23(20,21)16-14(17)4-3-5-15(16)18/h3-9,11,19H,10H2,1-2H3. The van der Waals surface area contributed by atoms with E-state index in [9.17, 15) is 17.2 Å². The minimum Gasteiger partial charge on any atom is -0.491 e. The van der Waals surface area contributed by atoms with Crippen molar-refractivity contribution < 1.29 is 21.9 Å². The third-order valence-corrected chi connectivity index (χ3v) is 4.40. The molecule has 0 amide bonds. The summed E-state index contributed by atoms with van der Waals surface area (Å²) >= 11 is 0. The monoisotopic (exact) mass is 341 g/mol.